The highest BCUT2D eigenvalue weighted by Gasteiger charge is 2.39. The number of esters is 1. The lowest BCUT2D eigenvalue weighted by Gasteiger charge is -2.36. The summed E-state index contributed by atoms with van der Waals surface area (Å²) in [7, 11) is -1.17. The van der Waals surface area contributed by atoms with Gasteiger partial charge < -0.3 is 34.6 Å². The molecule has 2 rings (SSSR count). The van der Waals surface area contributed by atoms with Crippen molar-refractivity contribution in [2.75, 3.05) is 12.4 Å². The van der Waals surface area contributed by atoms with Gasteiger partial charge in [0.15, 0.2) is 5.78 Å². The van der Waals surface area contributed by atoms with Crippen LogP contribution in [0.2, 0.25) is 18.1 Å². The van der Waals surface area contributed by atoms with Gasteiger partial charge in [-0.2, -0.15) is 0 Å². The van der Waals surface area contributed by atoms with Gasteiger partial charge in [0.25, 0.3) is 0 Å². The molecular formula is C33H47N3O9Si. The Bertz CT molecular complexity index is 1400. The van der Waals surface area contributed by atoms with E-state index in [0.717, 1.165) is 12.7 Å². The van der Waals surface area contributed by atoms with Crippen LogP contribution >= 0.6 is 0 Å². The van der Waals surface area contributed by atoms with Crippen LogP contribution in [-0.4, -0.2) is 63.0 Å². The van der Waals surface area contributed by atoms with Crippen LogP contribution in [-0.2, 0) is 30.4 Å². The number of rotatable bonds is 12. The predicted octanol–water partition coefficient (Wildman–Crippen LogP) is 5.96. The minimum Gasteiger partial charge on any atom is -0.543 e. The summed E-state index contributed by atoms with van der Waals surface area (Å²) < 4.78 is 21.6. The fourth-order valence-electron chi connectivity index (χ4n) is 3.72. The lowest BCUT2D eigenvalue weighted by atomic mass is 10.0. The molecule has 3 amide bonds. The van der Waals surface area contributed by atoms with Crippen molar-refractivity contribution in [3.05, 3.63) is 59.7 Å². The molecule has 0 spiro atoms. The fraction of sp³-hybridized carbons (Fsp3) is 0.485. The second kappa shape index (κ2) is 15.7. The molecule has 0 radical (unpaired) electrons. The summed E-state index contributed by atoms with van der Waals surface area (Å²) >= 11 is 0. The maximum Gasteiger partial charge on any atom is 0.408 e. The van der Waals surface area contributed by atoms with Crippen molar-refractivity contribution >= 4 is 43.9 Å². The Kier molecular flexibility index (Phi) is 12.9. The Labute approximate surface area is 272 Å². The fourth-order valence-corrected chi connectivity index (χ4v) is 4.74. The molecule has 0 aliphatic heterocycles. The average Bonchev–Trinajstić information content (AvgIpc) is 2.94. The van der Waals surface area contributed by atoms with Gasteiger partial charge in [0.2, 0.25) is 14.2 Å². The van der Waals surface area contributed by atoms with Gasteiger partial charge in [0.1, 0.15) is 24.0 Å². The number of ether oxygens (including phenoxy) is 3. The van der Waals surface area contributed by atoms with Crippen molar-refractivity contribution < 1.29 is 42.6 Å². The molecule has 3 N–H and O–H groups in total. The van der Waals surface area contributed by atoms with Crippen molar-refractivity contribution in [1.82, 2.24) is 10.6 Å². The Hall–Kier alpha value is -4.39. The number of carbonyl (C=O) groups is 5. The summed E-state index contributed by atoms with van der Waals surface area (Å²) in [5, 5.41) is 7.43. The van der Waals surface area contributed by atoms with E-state index in [-0.39, 0.29) is 22.9 Å². The van der Waals surface area contributed by atoms with Gasteiger partial charge in [-0.1, -0.05) is 51.1 Å². The lowest BCUT2D eigenvalue weighted by Crippen LogP contribution is -2.46. The molecule has 0 aromatic heterocycles. The first-order valence-corrected chi connectivity index (χ1v) is 17.8. The van der Waals surface area contributed by atoms with E-state index in [9.17, 15) is 24.0 Å². The molecule has 0 heterocycles. The Morgan fingerprint density at radius 3 is 2.07 bits per heavy atom. The van der Waals surface area contributed by atoms with Gasteiger partial charge in [-0.25, -0.2) is 9.59 Å². The van der Waals surface area contributed by atoms with Gasteiger partial charge in [-0.05, 0) is 69.6 Å². The topological polar surface area (TPSA) is 158 Å². The smallest absolute Gasteiger partial charge is 0.408 e. The van der Waals surface area contributed by atoms with E-state index >= 15 is 0 Å². The summed E-state index contributed by atoms with van der Waals surface area (Å²) in [6, 6.07) is 11.1. The van der Waals surface area contributed by atoms with E-state index < -0.39 is 62.3 Å². The number of hydrogen-bond acceptors (Lipinski definition) is 9. The maximum absolute atomic E-state index is 13.7. The van der Waals surface area contributed by atoms with Gasteiger partial charge >= 0.3 is 18.2 Å². The van der Waals surface area contributed by atoms with E-state index in [4.69, 9.17) is 18.6 Å². The zero-order valence-corrected chi connectivity index (χ0v) is 29.4. The van der Waals surface area contributed by atoms with Gasteiger partial charge in [-0.15, -0.1) is 0 Å². The Balaban J connectivity index is 2.39. The molecule has 12 nitrogen and oxygen atoms in total. The van der Waals surface area contributed by atoms with Gasteiger partial charge in [0.05, 0.1) is 25.3 Å². The molecule has 2 atom stereocenters. The lowest BCUT2D eigenvalue weighted by molar-refractivity contribution is -0.142. The second-order valence-electron chi connectivity index (χ2n) is 13.3. The number of anilines is 1. The standard InChI is InChI=1S/C33H47N3O9Si/c1-21(34-31(41)44-32(2,3)4)28(38)24-18-23(45-46(9,10)33(5,6)7)16-17-25(24)35-29(39)26(19-27(37)42-8)36-30(40)43-20-22-14-12-11-13-15-22/h11-18,21,26H,19-20H2,1-10H3,(H,34,41)(H,35,39)(H,36,40)/t21-,26-/m0/s1. The van der Waals surface area contributed by atoms with Crippen molar-refractivity contribution in [2.45, 2.75) is 97.3 Å². The molecule has 0 aliphatic rings. The van der Waals surface area contributed by atoms with Crippen molar-refractivity contribution in [3.63, 3.8) is 0 Å². The highest BCUT2D eigenvalue weighted by Crippen LogP contribution is 2.38. The normalized spacial score (nSPS) is 13.0. The number of ketones is 1. The van der Waals surface area contributed by atoms with Crippen molar-refractivity contribution in [2.24, 2.45) is 0 Å². The minimum absolute atomic E-state index is 0.0385. The summed E-state index contributed by atoms with van der Waals surface area (Å²) in [4.78, 5) is 64.4. The third kappa shape index (κ3) is 11.8. The van der Waals surface area contributed by atoms with Crippen LogP contribution in [0.1, 0.15) is 70.8 Å². The molecule has 0 fully saturated rings. The molecular weight excluding hydrogens is 610 g/mol. The minimum atomic E-state index is -2.33. The molecule has 0 saturated heterocycles. The van der Waals surface area contributed by atoms with Gasteiger partial charge in [0, 0.05) is 5.56 Å². The van der Waals surface area contributed by atoms with Crippen LogP contribution in [0.5, 0.6) is 5.75 Å². The first kappa shape index (κ1) is 37.8. The number of benzene rings is 2. The average molecular weight is 658 g/mol. The Morgan fingerprint density at radius 2 is 1.50 bits per heavy atom. The summed E-state index contributed by atoms with van der Waals surface area (Å²) in [5.41, 5.74) is 0.0533. The first-order chi connectivity index (χ1) is 21.2. The molecule has 2 aromatic rings. The van der Waals surface area contributed by atoms with Crippen LogP contribution in [0.15, 0.2) is 48.5 Å². The molecule has 0 bridgehead atoms. The SMILES string of the molecule is COC(=O)C[C@H](NC(=O)OCc1ccccc1)C(=O)Nc1ccc(O[Si](C)(C)C(C)(C)C)cc1C(=O)[C@H](C)NC(=O)OC(C)(C)C. The van der Waals surface area contributed by atoms with E-state index in [0.29, 0.717) is 5.75 Å². The molecule has 0 unspecified atom stereocenters. The van der Waals surface area contributed by atoms with Crippen LogP contribution < -0.4 is 20.4 Å². The third-order valence-corrected chi connectivity index (χ3v) is 11.6. The van der Waals surface area contributed by atoms with E-state index in [1.807, 2.05) is 6.07 Å². The number of hydrogen-bond donors (Lipinski definition) is 3. The van der Waals surface area contributed by atoms with E-state index in [1.54, 1.807) is 51.1 Å². The van der Waals surface area contributed by atoms with E-state index in [2.05, 4.69) is 49.8 Å². The largest absolute Gasteiger partial charge is 0.543 e. The number of nitrogens with one attached hydrogen (secondary N) is 3. The molecule has 46 heavy (non-hydrogen) atoms. The van der Waals surface area contributed by atoms with Crippen molar-refractivity contribution in [1.29, 1.82) is 0 Å². The van der Waals surface area contributed by atoms with Crippen LogP contribution in [0.4, 0.5) is 15.3 Å². The number of alkyl carbamates (subject to hydrolysis) is 2. The molecule has 13 heteroatoms. The van der Waals surface area contributed by atoms with Crippen LogP contribution in [0.3, 0.4) is 0 Å². The number of amides is 3. The Morgan fingerprint density at radius 1 is 0.870 bits per heavy atom. The molecule has 0 aliphatic carbocycles. The van der Waals surface area contributed by atoms with Crippen LogP contribution in [0, 0.1) is 0 Å². The van der Waals surface area contributed by atoms with Crippen molar-refractivity contribution in [3.8, 4) is 5.75 Å². The van der Waals surface area contributed by atoms with Crippen LogP contribution in [0.25, 0.3) is 0 Å². The second-order valence-corrected chi connectivity index (χ2v) is 18.1. The van der Waals surface area contributed by atoms with E-state index in [1.165, 1.54) is 19.1 Å². The first-order valence-electron chi connectivity index (χ1n) is 14.9. The summed E-state index contributed by atoms with van der Waals surface area (Å²) in [6.45, 7) is 16.9. The zero-order chi connectivity index (χ0) is 34.9. The molecule has 2 aromatic carbocycles. The number of Topliss-reactive ketones (excluding diaryl/α,β-unsaturated/α-hetero) is 1. The highest BCUT2D eigenvalue weighted by molar-refractivity contribution is 6.74. The molecule has 252 valence electrons. The zero-order valence-electron chi connectivity index (χ0n) is 28.4. The number of methoxy groups -OCH3 is 1. The molecule has 0 saturated carbocycles. The maximum atomic E-state index is 13.7. The monoisotopic (exact) mass is 657 g/mol. The predicted molar refractivity (Wildman–Crippen MR) is 176 cm³/mol. The summed E-state index contributed by atoms with van der Waals surface area (Å²) in [6.07, 6.45) is -2.23. The highest BCUT2D eigenvalue weighted by atomic mass is 28.4. The van der Waals surface area contributed by atoms with Gasteiger partial charge in [-0.3, -0.25) is 14.4 Å². The summed E-state index contributed by atoms with van der Waals surface area (Å²) in [5.74, 6) is -1.69. The quantitative estimate of drug-likeness (QED) is 0.108. The third-order valence-electron chi connectivity index (χ3n) is 7.24. The number of carbonyl (C=O) groups excluding carboxylic acids is 5.